The Morgan fingerprint density at radius 2 is 1.77 bits per heavy atom. The molecule has 158 valence electrons. The van der Waals surface area contributed by atoms with Crippen LogP contribution in [0.1, 0.15) is 40.9 Å². The van der Waals surface area contributed by atoms with Crippen molar-refractivity contribution in [2.24, 2.45) is 0 Å². The number of benzene rings is 2. The maximum Gasteiger partial charge on any atom is 0.260 e. The van der Waals surface area contributed by atoms with E-state index in [1.807, 2.05) is 36.4 Å². The van der Waals surface area contributed by atoms with Gasteiger partial charge in [0.15, 0.2) is 5.13 Å². The van der Waals surface area contributed by atoms with E-state index in [9.17, 15) is 4.79 Å². The Bertz CT molecular complexity index is 1200. The highest BCUT2D eigenvalue weighted by Crippen LogP contribution is 2.34. The minimum absolute atomic E-state index is 0.0497. The number of aryl methyl sites for hydroxylation is 2. The van der Waals surface area contributed by atoms with Crippen LogP contribution in [-0.4, -0.2) is 21.1 Å². The van der Waals surface area contributed by atoms with Crippen LogP contribution in [0.15, 0.2) is 65.8 Å². The Hall–Kier alpha value is -2.70. The molecule has 0 aliphatic carbocycles. The lowest BCUT2D eigenvalue weighted by Crippen LogP contribution is -2.30. The molecule has 0 aliphatic heterocycles. The van der Waals surface area contributed by atoms with Crippen LogP contribution in [0.2, 0.25) is 0 Å². The van der Waals surface area contributed by atoms with E-state index in [0.717, 1.165) is 15.8 Å². The summed E-state index contributed by atoms with van der Waals surface area (Å²) in [5.74, 6) is -0.0497. The molecule has 4 aromatic rings. The second-order valence-electron chi connectivity index (χ2n) is 7.86. The van der Waals surface area contributed by atoms with Crippen LogP contribution in [0.4, 0.5) is 5.13 Å². The van der Waals surface area contributed by atoms with Gasteiger partial charge in [0.2, 0.25) is 0 Å². The maximum atomic E-state index is 13.6. The molecule has 0 aliphatic rings. The SMILES string of the molecule is Cc1cc(C)c2sc(N(Cc3ccncc3)C(=O)c3ccc(SC(C)C)cc3)nc2c1. The van der Waals surface area contributed by atoms with Crippen molar-refractivity contribution in [3.63, 3.8) is 0 Å². The standard InChI is InChI=1S/C25H25N3OS2/c1-16(2)30-21-7-5-20(6-8-21)24(29)28(15-19-9-11-26-12-10-19)25-27-22-14-17(3)13-18(4)23(22)31-25/h5-14,16H,15H2,1-4H3. The number of carbonyl (C=O) groups excluding carboxylic acids is 1. The molecular weight excluding hydrogens is 422 g/mol. The zero-order chi connectivity index (χ0) is 22.0. The van der Waals surface area contributed by atoms with Crippen LogP contribution in [-0.2, 0) is 6.54 Å². The molecule has 0 saturated carbocycles. The van der Waals surface area contributed by atoms with E-state index in [0.29, 0.717) is 22.5 Å². The van der Waals surface area contributed by atoms with Crippen LogP contribution in [0.5, 0.6) is 0 Å². The second kappa shape index (κ2) is 9.20. The Kier molecular flexibility index (Phi) is 6.39. The third kappa shape index (κ3) is 4.97. The molecule has 6 heteroatoms. The summed E-state index contributed by atoms with van der Waals surface area (Å²) in [6.07, 6.45) is 3.50. The van der Waals surface area contributed by atoms with Gasteiger partial charge in [-0.1, -0.05) is 31.3 Å². The highest BCUT2D eigenvalue weighted by atomic mass is 32.2. The highest BCUT2D eigenvalue weighted by molar-refractivity contribution is 7.99. The van der Waals surface area contributed by atoms with Crippen molar-refractivity contribution >= 4 is 44.4 Å². The lowest BCUT2D eigenvalue weighted by atomic mass is 10.1. The molecule has 0 unspecified atom stereocenters. The lowest BCUT2D eigenvalue weighted by Gasteiger charge is -2.20. The Labute approximate surface area is 191 Å². The van der Waals surface area contributed by atoms with Gasteiger partial charge in [-0.2, -0.15) is 0 Å². The number of hydrogen-bond donors (Lipinski definition) is 0. The lowest BCUT2D eigenvalue weighted by molar-refractivity contribution is 0.0985. The van der Waals surface area contributed by atoms with Crippen molar-refractivity contribution in [1.82, 2.24) is 9.97 Å². The van der Waals surface area contributed by atoms with Crippen LogP contribution in [0.3, 0.4) is 0 Å². The molecule has 2 aromatic heterocycles. The van der Waals surface area contributed by atoms with Crippen molar-refractivity contribution in [3.05, 3.63) is 83.2 Å². The van der Waals surface area contributed by atoms with Crippen LogP contribution >= 0.6 is 23.1 Å². The molecule has 0 radical (unpaired) electrons. The first-order valence-corrected chi connectivity index (χ1v) is 12.0. The van der Waals surface area contributed by atoms with E-state index < -0.39 is 0 Å². The molecule has 0 fully saturated rings. The van der Waals surface area contributed by atoms with Gasteiger partial charge in [0.05, 0.1) is 16.8 Å². The zero-order valence-electron chi connectivity index (χ0n) is 18.1. The molecule has 0 atom stereocenters. The van der Waals surface area contributed by atoms with Gasteiger partial charge < -0.3 is 0 Å². The minimum atomic E-state index is -0.0497. The molecule has 0 N–H and O–H groups in total. The second-order valence-corrected chi connectivity index (χ2v) is 10.5. The molecule has 4 rings (SSSR count). The summed E-state index contributed by atoms with van der Waals surface area (Å²) in [4.78, 5) is 25.5. The summed E-state index contributed by atoms with van der Waals surface area (Å²) in [7, 11) is 0. The minimum Gasteiger partial charge on any atom is -0.279 e. The summed E-state index contributed by atoms with van der Waals surface area (Å²) in [5, 5.41) is 1.21. The quantitative estimate of drug-likeness (QED) is 0.310. The van der Waals surface area contributed by atoms with Crippen molar-refractivity contribution in [2.45, 2.75) is 44.4 Å². The number of anilines is 1. The van der Waals surface area contributed by atoms with Gasteiger partial charge in [-0.05, 0) is 73.0 Å². The third-order valence-corrected chi connectivity index (χ3v) is 7.09. The van der Waals surface area contributed by atoms with E-state index in [2.05, 4.69) is 44.8 Å². The number of fused-ring (bicyclic) bond motifs is 1. The molecule has 2 aromatic carbocycles. The topological polar surface area (TPSA) is 46.1 Å². The summed E-state index contributed by atoms with van der Waals surface area (Å²) in [6, 6.07) is 16.0. The third-order valence-electron chi connectivity index (χ3n) is 4.85. The Balaban J connectivity index is 1.72. The largest absolute Gasteiger partial charge is 0.279 e. The maximum absolute atomic E-state index is 13.6. The number of thioether (sulfide) groups is 1. The molecular formula is C25H25N3OS2. The van der Waals surface area contributed by atoms with Gasteiger partial charge in [-0.3, -0.25) is 14.7 Å². The van der Waals surface area contributed by atoms with Gasteiger partial charge in [-0.15, -0.1) is 11.8 Å². The predicted molar refractivity (Wildman–Crippen MR) is 131 cm³/mol. The number of amides is 1. The van der Waals surface area contributed by atoms with E-state index in [1.54, 1.807) is 40.4 Å². The zero-order valence-corrected chi connectivity index (χ0v) is 19.8. The molecule has 1 amide bonds. The number of pyridine rings is 1. The first-order valence-electron chi connectivity index (χ1n) is 10.3. The van der Waals surface area contributed by atoms with E-state index in [-0.39, 0.29) is 5.91 Å². The van der Waals surface area contributed by atoms with E-state index in [1.165, 1.54) is 16.0 Å². The van der Waals surface area contributed by atoms with Crippen molar-refractivity contribution in [3.8, 4) is 0 Å². The monoisotopic (exact) mass is 447 g/mol. The average molecular weight is 448 g/mol. The smallest absolute Gasteiger partial charge is 0.260 e. The van der Waals surface area contributed by atoms with Crippen molar-refractivity contribution in [2.75, 3.05) is 4.90 Å². The normalized spacial score (nSPS) is 11.3. The molecule has 0 saturated heterocycles. The number of aromatic nitrogens is 2. The van der Waals surface area contributed by atoms with Gasteiger partial charge in [0, 0.05) is 28.1 Å². The summed E-state index contributed by atoms with van der Waals surface area (Å²) in [5.41, 5.74) is 4.97. The van der Waals surface area contributed by atoms with Gasteiger partial charge in [-0.25, -0.2) is 4.98 Å². The fourth-order valence-electron chi connectivity index (χ4n) is 3.48. The van der Waals surface area contributed by atoms with Gasteiger partial charge >= 0.3 is 0 Å². The van der Waals surface area contributed by atoms with E-state index >= 15 is 0 Å². The van der Waals surface area contributed by atoms with Gasteiger partial charge in [0.1, 0.15) is 0 Å². The van der Waals surface area contributed by atoms with E-state index in [4.69, 9.17) is 4.98 Å². The number of thiazole rings is 1. The van der Waals surface area contributed by atoms with Crippen LogP contribution in [0.25, 0.3) is 10.2 Å². The predicted octanol–water partition coefficient (Wildman–Crippen LogP) is 6.66. The number of nitrogens with zero attached hydrogens (tertiary/aromatic N) is 3. The number of hydrogen-bond acceptors (Lipinski definition) is 5. The van der Waals surface area contributed by atoms with Crippen LogP contribution in [0, 0.1) is 13.8 Å². The highest BCUT2D eigenvalue weighted by Gasteiger charge is 2.22. The first-order chi connectivity index (χ1) is 14.9. The molecule has 4 nitrogen and oxygen atoms in total. The fourth-order valence-corrected chi connectivity index (χ4v) is 5.33. The fraction of sp³-hybridized carbons (Fsp3) is 0.240. The van der Waals surface area contributed by atoms with Crippen LogP contribution < -0.4 is 4.90 Å². The summed E-state index contributed by atoms with van der Waals surface area (Å²) in [6.45, 7) is 8.94. The summed E-state index contributed by atoms with van der Waals surface area (Å²) >= 11 is 3.36. The number of rotatable bonds is 6. The molecule has 0 spiro atoms. The Morgan fingerprint density at radius 3 is 2.45 bits per heavy atom. The average Bonchev–Trinajstić information content (AvgIpc) is 3.16. The summed E-state index contributed by atoms with van der Waals surface area (Å²) < 4.78 is 1.12. The number of carbonyl (C=O) groups is 1. The van der Waals surface area contributed by atoms with Crippen molar-refractivity contribution < 1.29 is 4.79 Å². The molecule has 0 bridgehead atoms. The Morgan fingerprint density at radius 1 is 1.06 bits per heavy atom. The van der Waals surface area contributed by atoms with Crippen molar-refractivity contribution in [1.29, 1.82) is 0 Å². The van der Waals surface area contributed by atoms with Gasteiger partial charge in [0.25, 0.3) is 5.91 Å². The molecule has 2 heterocycles. The molecule has 31 heavy (non-hydrogen) atoms. The first kappa shape index (κ1) is 21.5.